The summed E-state index contributed by atoms with van der Waals surface area (Å²) in [4.78, 5) is 18.9. The molecule has 0 spiro atoms. The molecule has 1 aromatic carbocycles. The van der Waals surface area contributed by atoms with Gasteiger partial charge in [0.25, 0.3) is 0 Å². The fourth-order valence-corrected chi connectivity index (χ4v) is 4.25. The van der Waals surface area contributed by atoms with Crippen molar-refractivity contribution in [3.05, 3.63) is 35.4 Å². The van der Waals surface area contributed by atoms with E-state index in [0.29, 0.717) is 5.56 Å². The average molecular weight is 370 g/mol. The number of carbonyl (C=O) groups is 1. The summed E-state index contributed by atoms with van der Waals surface area (Å²) in [5.74, 6) is 0. The first-order chi connectivity index (χ1) is 13.2. The summed E-state index contributed by atoms with van der Waals surface area (Å²) >= 11 is 0. The summed E-state index contributed by atoms with van der Waals surface area (Å²) < 4.78 is 11.0. The Morgan fingerprint density at radius 1 is 1.15 bits per heavy atom. The largest absolute Gasteiger partial charge is 0.442 e. The SMILES string of the molecule is N#Cc1cccc(CN2C[C@@H]3OC(=O)N(CCCN4CCOCC4)[C@@H]3C2)c1. The van der Waals surface area contributed by atoms with Gasteiger partial charge in [0.05, 0.1) is 30.9 Å². The predicted molar refractivity (Wildman–Crippen MR) is 99.1 cm³/mol. The van der Waals surface area contributed by atoms with Crippen molar-refractivity contribution in [2.24, 2.45) is 0 Å². The molecule has 27 heavy (non-hydrogen) atoms. The summed E-state index contributed by atoms with van der Waals surface area (Å²) in [5, 5.41) is 9.06. The van der Waals surface area contributed by atoms with E-state index in [1.807, 2.05) is 29.2 Å². The van der Waals surface area contributed by atoms with E-state index in [0.717, 1.165) is 71.0 Å². The summed E-state index contributed by atoms with van der Waals surface area (Å²) in [7, 11) is 0. The number of carbonyl (C=O) groups excluding carboxylic acids is 1. The number of fused-ring (bicyclic) bond motifs is 1. The van der Waals surface area contributed by atoms with Gasteiger partial charge < -0.3 is 14.4 Å². The molecule has 3 saturated heterocycles. The van der Waals surface area contributed by atoms with E-state index in [1.165, 1.54) is 0 Å². The van der Waals surface area contributed by atoms with Gasteiger partial charge in [0.15, 0.2) is 0 Å². The highest BCUT2D eigenvalue weighted by molar-refractivity contribution is 5.71. The van der Waals surface area contributed by atoms with Gasteiger partial charge in [0.2, 0.25) is 0 Å². The van der Waals surface area contributed by atoms with Crippen LogP contribution in [-0.2, 0) is 16.0 Å². The number of hydrogen-bond acceptors (Lipinski definition) is 6. The summed E-state index contributed by atoms with van der Waals surface area (Å²) in [6, 6.07) is 10.0. The lowest BCUT2D eigenvalue weighted by Gasteiger charge is -2.28. The zero-order chi connectivity index (χ0) is 18.6. The van der Waals surface area contributed by atoms with Crippen LogP contribution in [0, 0.1) is 11.3 Å². The molecule has 4 rings (SSSR count). The number of rotatable bonds is 6. The molecule has 1 aromatic rings. The van der Waals surface area contributed by atoms with Gasteiger partial charge in [-0.15, -0.1) is 0 Å². The third-order valence-electron chi connectivity index (χ3n) is 5.64. The number of benzene rings is 1. The van der Waals surface area contributed by atoms with Crippen molar-refractivity contribution in [2.75, 3.05) is 52.5 Å². The molecule has 0 unspecified atom stereocenters. The van der Waals surface area contributed by atoms with Gasteiger partial charge in [0, 0.05) is 45.8 Å². The molecule has 3 aliphatic rings. The second-order valence-electron chi connectivity index (χ2n) is 7.50. The van der Waals surface area contributed by atoms with Crippen LogP contribution >= 0.6 is 0 Å². The molecule has 0 aliphatic carbocycles. The Kier molecular flexibility index (Phi) is 5.58. The number of nitriles is 1. The summed E-state index contributed by atoms with van der Waals surface area (Å²) in [5.41, 5.74) is 1.81. The van der Waals surface area contributed by atoms with Gasteiger partial charge in [0.1, 0.15) is 6.10 Å². The molecule has 7 heteroatoms. The van der Waals surface area contributed by atoms with Crippen molar-refractivity contribution >= 4 is 6.09 Å². The second-order valence-corrected chi connectivity index (χ2v) is 7.50. The van der Waals surface area contributed by atoms with Crippen LogP contribution in [0.3, 0.4) is 0 Å². The maximum absolute atomic E-state index is 12.2. The number of likely N-dealkylation sites (tertiary alicyclic amines) is 1. The van der Waals surface area contributed by atoms with Crippen LogP contribution in [0.15, 0.2) is 24.3 Å². The van der Waals surface area contributed by atoms with Crippen molar-refractivity contribution in [2.45, 2.75) is 25.1 Å². The Bertz CT molecular complexity index is 713. The molecule has 7 nitrogen and oxygen atoms in total. The van der Waals surface area contributed by atoms with E-state index >= 15 is 0 Å². The summed E-state index contributed by atoms with van der Waals surface area (Å²) in [6.07, 6.45) is 0.751. The highest BCUT2D eigenvalue weighted by Gasteiger charge is 2.47. The standard InChI is InChI=1S/C20H26N4O3/c21-12-16-3-1-4-17(11-16)13-23-14-18-19(15-23)27-20(25)24(18)6-2-5-22-7-9-26-10-8-22/h1,3-4,11,18-19H,2,5-10,13-15H2/t18-,19+/m1/s1. The third kappa shape index (κ3) is 4.24. The molecule has 0 saturated carbocycles. The quantitative estimate of drug-likeness (QED) is 0.752. The maximum Gasteiger partial charge on any atom is 0.410 e. The molecule has 1 amide bonds. The highest BCUT2D eigenvalue weighted by atomic mass is 16.6. The highest BCUT2D eigenvalue weighted by Crippen LogP contribution is 2.28. The van der Waals surface area contributed by atoms with Crippen molar-refractivity contribution in [3.8, 4) is 6.07 Å². The zero-order valence-electron chi connectivity index (χ0n) is 15.5. The topological polar surface area (TPSA) is 69.0 Å². The maximum atomic E-state index is 12.2. The number of hydrogen-bond donors (Lipinski definition) is 0. The predicted octanol–water partition coefficient (Wildman–Crippen LogP) is 1.29. The van der Waals surface area contributed by atoms with Gasteiger partial charge in [-0.1, -0.05) is 12.1 Å². The lowest BCUT2D eigenvalue weighted by Crippen LogP contribution is -2.41. The molecule has 0 bridgehead atoms. The molecule has 0 radical (unpaired) electrons. The zero-order valence-corrected chi connectivity index (χ0v) is 15.5. The van der Waals surface area contributed by atoms with Crippen LogP contribution in [0.25, 0.3) is 0 Å². The van der Waals surface area contributed by atoms with Crippen LogP contribution in [0.2, 0.25) is 0 Å². The van der Waals surface area contributed by atoms with Gasteiger partial charge in [-0.3, -0.25) is 9.80 Å². The van der Waals surface area contributed by atoms with Crippen LogP contribution < -0.4 is 0 Å². The van der Waals surface area contributed by atoms with Gasteiger partial charge in [-0.2, -0.15) is 5.26 Å². The Morgan fingerprint density at radius 3 is 2.81 bits per heavy atom. The minimum atomic E-state index is -0.168. The Balaban J connectivity index is 1.29. The first kappa shape index (κ1) is 18.2. The molecule has 0 N–H and O–H groups in total. The molecular formula is C20H26N4O3. The molecular weight excluding hydrogens is 344 g/mol. The fraction of sp³-hybridized carbons (Fsp3) is 0.600. The first-order valence-electron chi connectivity index (χ1n) is 9.72. The molecule has 2 atom stereocenters. The van der Waals surface area contributed by atoms with Crippen LogP contribution in [-0.4, -0.2) is 85.4 Å². The normalized spacial score (nSPS) is 26.0. The minimum absolute atomic E-state index is 0.0416. The summed E-state index contributed by atoms with van der Waals surface area (Å²) in [6.45, 7) is 7.67. The van der Waals surface area contributed by atoms with Crippen LogP contribution in [0.1, 0.15) is 17.5 Å². The lowest BCUT2D eigenvalue weighted by molar-refractivity contribution is 0.0362. The van der Waals surface area contributed by atoms with Gasteiger partial charge in [-0.05, 0) is 24.1 Å². The van der Waals surface area contributed by atoms with Crippen molar-refractivity contribution < 1.29 is 14.3 Å². The Labute approximate surface area is 160 Å². The van der Waals surface area contributed by atoms with Crippen molar-refractivity contribution in [1.29, 1.82) is 5.26 Å². The first-order valence-corrected chi connectivity index (χ1v) is 9.72. The molecule has 0 aromatic heterocycles. The monoisotopic (exact) mass is 370 g/mol. The van der Waals surface area contributed by atoms with Crippen molar-refractivity contribution in [1.82, 2.24) is 14.7 Å². The minimum Gasteiger partial charge on any atom is -0.442 e. The van der Waals surface area contributed by atoms with Gasteiger partial charge in [-0.25, -0.2) is 4.79 Å². The number of nitrogens with zero attached hydrogens (tertiary/aromatic N) is 4. The van der Waals surface area contributed by atoms with E-state index < -0.39 is 0 Å². The van der Waals surface area contributed by atoms with Gasteiger partial charge >= 0.3 is 6.09 Å². The molecule has 3 aliphatic heterocycles. The van der Waals surface area contributed by atoms with Crippen molar-refractivity contribution in [3.63, 3.8) is 0 Å². The molecule has 3 heterocycles. The number of morpholine rings is 1. The van der Waals surface area contributed by atoms with Crippen LogP contribution in [0.5, 0.6) is 0 Å². The van der Waals surface area contributed by atoms with E-state index in [-0.39, 0.29) is 18.2 Å². The fourth-order valence-electron chi connectivity index (χ4n) is 4.25. The molecule has 3 fully saturated rings. The van der Waals surface area contributed by atoms with E-state index in [4.69, 9.17) is 14.7 Å². The Hall–Kier alpha value is -2.14. The van der Waals surface area contributed by atoms with E-state index in [1.54, 1.807) is 0 Å². The molecule has 144 valence electrons. The third-order valence-corrected chi connectivity index (χ3v) is 5.64. The number of amides is 1. The second kappa shape index (κ2) is 8.26. The Morgan fingerprint density at radius 2 is 2.00 bits per heavy atom. The van der Waals surface area contributed by atoms with E-state index in [2.05, 4.69) is 15.9 Å². The number of ether oxygens (including phenoxy) is 2. The van der Waals surface area contributed by atoms with E-state index in [9.17, 15) is 4.79 Å². The lowest BCUT2D eigenvalue weighted by atomic mass is 10.1. The average Bonchev–Trinajstić information content (AvgIpc) is 3.20. The van der Waals surface area contributed by atoms with Crippen LogP contribution in [0.4, 0.5) is 4.79 Å². The smallest absolute Gasteiger partial charge is 0.410 e.